The molecule has 2 heteroatoms. The van der Waals surface area contributed by atoms with Crippen LogP contribution in [0.1, 0.15) is 29.5 Å². The second kappa shape index (κ2) is 3.35. The second-order valence-electron chi connectivity index (χ2n) is 4.18. The first-order valence-corrected chi connectivity index (χ1v) is 5.15. The molecule has 0 amide bonds. The Labute approximate surface area is 84.1 Å². The van der Waals surface area contributed by atoms with Crippen molar-refractivity contribution in [1.29, 1.82) is 0 Å². The molecule has 14 heavy (non-hydrogen) atoms. The molecule has 2 rings (SSSR count). The number of halogens is 1. The van der Waals surface area contributed by atoms with E-state index in [0.29, 0.717) is 6.42 Å². The SMILES string of the molecule is Cc1ccc2c(c1)CCCC2(F)CN. The van der Waals surface area contributed by atoms with Gasteiger partial charge in [0.1, 0.15) is 5.67 Å². The summed E-state index contributed by atoms with van der Waals surface area (Å²) in [7, 11) is 0. The lowest BCUT2D eigenvalue weighted by Crippen LogP contribution is -2.34. The lowest BCUT2D eigenvalue weighted by Gasteiger charge is -2.31. The number of hydrogen-bond donors (Lipinski definition) is 1. The third kappa shape index (κ3) is 1.44. The van der Waals surface area contributed by atoms with Gasteiger partial charge in [0, 0.05) is 6.54 Å². The topological polar surface area (TPSA) is 26.0 Å². The predicted molar refractivity (Wildman–Crippen MR) is 56.0 cm³/mol. The molecule has 1 unspecified atom stereocenters. The third-order valence-corrected chi connectivity index (χ3v) is 3.09. The molecule has 76 valence electrons. The molecule has 1 atom stereocenters. The van der Waals surface area contributed by atoms with Crippen molar-refractivity contribution >= 4 is 0 Å². The molecule has 0 bridgehead atoms. The van der Waals surface area contributed by atoms with Crippen LogP contribution in [-0.4, -0.2) is 6.54 Å². The second-order valence-corrected chi connectivity index (χ2v) is 4.18. The molecule has 1 aliphatic carbocycles. The lowest BCUT2D eigenvalue weighted by molar-refractivity contribution is 0.147. The van der Waals surface area contributed by atoms with E-state index in [-0.39, 0.29) is 6.54 Å². The van der Waals surface area contributed by atoms with Crippen molar-refractivity contribution in [2.75, 3.05) is 6.54 Å². The van der Waals surface area contributed by atoms with Crippen LogP contribution in [0.15, 0.2) is 18.2 Å². The van der Waals surface area contributed by atoms with Gasteiger partial charge in [-0.1, -0.05) is 23.8 Å². The van der Waals surface area contributed by atoms with Gasteiger partial charge in [0.05, 0.1) is 0 Å². The highest BCUT2D eigenvalue weighted by atomic mass is 19.1. The molecule has 1 aromatic rings. The fourth-order valence-corrected chi connectivity index (χ4v) is 2.27. The van der Waals surface area contributed by atoms with E-state index in [4.69, 9.17) is 5.73 Å². The van der Waals surface area contributed by atoms with E-state index in [1.807, 2.05) is 19.1 Å². The average Bonchev–Trinajstić information content (AvgIpc) is 2.18. The number of nitrogens with two attached hydrogens (primary N) is 1. The van der Waals surface area contributed by atoms with Crippen molar-refractivity contribution in [3.8, 4) is 0 Å². The number of aryl methyl sites for hydroxylation is 2. The van der Waals surface area contributed by atoms with Gasteiger partial charge in [-0.15, -0.1) is 0 Å². The van der Waals surface area contributed by atoms with Gasteiger partial charge in [-0.25, -0.2) is 4.39 Å². The van der Waals surface area contributed by atoms with Crippen LogP contribution in [0.5, 0.6) is 0 Å². The maximum absolute atomic E-state index is 14.3. The van der Waals surface area contributed by atoms with Crippen molar-refractivity contribution in [2.45, 2.75) is 31.9 Å². The van der Waals surface area contributed by atoms with Gasteiger partial charge in [0.2, 0.25) is 0 Å². The largest absolute Gasteiger partial charge is 0.327 e. The molecule has 0 heterocycles. The number of rotatable bonds is 1. The molecule has 2 N–H and O–H groups in total. The van der Waals surface area contributed by atoms with Crippen LogP contribution in [0, 0.1) is 6.92 Å². The van der Waals surface area contributed by atoms with Gasteiger partial charge >= 0.3 is 0 Å². The first-order valence-electron chi connectivity index (χ1n) is 5.15. The Morgan fingerprint density at radius 3 is 3.00 bits per heavy atom. The summed E-state index contributed by atoms with van der Waals surface area (Å²) in [5.74, 6) is 0. The van der Waals surface area contributed by atoms with Gasteiger partial charge in [0.25, 0.3) is 0 Å². The van der Waals surface area contributed by atoms with Crippen LogP contribution in [0.4, 0.5) is 4.39 Å². The third-order valence-electron chi connectivity index (χ3n) is 3.09. The Morgan fingerprint density at radius 2 is 2.29 bits per heavy atom. The van der Waals surface area contributed by atoms with Crippen LogP contribution in [0.2, 0.25) is 0 Å². The molecule has 0 saturated heterocycles. The summed E-state index contributed by atoms with van der Waals surface area (Å²) in [6, 6.07) is 5.95. The minimum atomic E-state index is -1.28. The monoisotopic (exact) mass is 193 g/mol. The smallest absolute Gasteiger partial charge is 0.148 e. The molecule has 0 radical (unpaired) electrons. The van der Waals surface area contributed by atoms with E-state index in [9.17, 15) is 4.39 Å². The van der Waals surface area contributed by atoms with Crippen molar-refractivity contribution in [3.63, 3.8) is 0 Å². The molecule has 1 aliphatic rings. The number of fused-ring (bicyclic) bond motifs is 1. The predicted octanol–water partition coefficient (Wildman–Crippen LogP) is 2.45. The summed E-state index contributed by atoms with van der Waals surface area (Å²) in [6.07, 6.45) is 2.46. The fraction of sp³-hybridized carbons (Fsp3) is 0.500. The van der Waals surface area contributed by atoms with Crippen LogP contribution in [-0.2, 0) is 12.1 Å². The highest BCUT2D eigenvalue weighted by Gasteiger charge is 2.34. The van der Waals surface area contributed by atoms with Crippen LogP contribution in [0.25, 0.3) is 0 Å². The van der Waals surface area contributed by atoms with E-state index in [1.54, 1.807) is 0 Å². The first-order chi connectivity index (χ1) is 6.65. The zero-order valence-corrected chi connectivity index (χ0v) is 8.52. The Balaban J connectivity index is 2.50. The zero-order chi connectivity index (χ0) is 10.2. The van der Waals surface area contributed by atoms with Gasteiger partial charge in [-0.3, -0.25) is 0 Å². The summed E-state index contributed by atoms with van der Waals surface area (Å²) >= 11 is 0. The van der Waals surface area contributed by atoms with Gasteiger partial charge in [-0.2, -0.15) is 0 Å². The van der Waals surface area contributed by atoms with Gasteiger partial charge in [0.15, 0.2) is 0 Å². The van der Waals surface area contributed by atoms with Crippen molar-refractivity contribution in [3.05, 3.63) is 34.9 Å². The minimum Gasteiger partial charge on any atom is -0.327 e. The van der Waals surface area contributed by atoms with Crippen LogP contribution >= 0.6 is 0 Å². The summed E-state index contributed by atoms with van der Waals surface area (Å²) < 4.78 is 14.3. The maximum atomic E-state index is 14.3. The normalized spacial score (nSPS) is 25.9. The van der Waals surface area contributed by atoms with Gasteiger partial charge in [-0.05, 0) is 37.3 Å². The molecule has 0 aliphatic heterocycles. The van der Waals surface area contributed by atoms with Gasteiger partial charge < -0.3 is 5.73 Å². The van der Waals surface area contributed by atoms with E-state index in [1.165, 1.54) is 5.56 Å². The summed E-state index contributed by atoms with van der Waals surface area (Å²) in [5.41, 5.74) is 7.40. The summed E-state index contributed by atoms with van der Waals surface area (Å²) in [5, 5.41) is 0. The van der Waals surface area contributed by atoms with E-state index >= 15 is 0 Å². The van der Waals surface area contributed by atoms with E-state index in [2.05, 4.69) is 6.07 Å². The highest BCUT2D eigenvalue weighted by molar-refractivity contribution is 5.38. The molecule has 1 aromatic carbocycles. The molecule has 0 aromatic heterocycles. The Hall–Kier alpha value is -0.890. The summed E-state index contributed by atoms with van der Waals surface area (Å²) in [6.45, 7) is 2.14. The lowest BCUT2D eigenvalue weighted by atomic mass is 9.80. The number of benzene rings is 1. The molecular formula is C12H16FN. The minimum absolute atomic E-state index is 0.100. The summed E-state index contributed by atoms with van der Waals surface area (Å²) in [4.78, 5) is 0. The maximum Gasteiger partial charge on any atom is 0.148 e. The Bertz CT molecular complexity index is 348. The van der Waals surface area contributed by atoms with Crippen molar-refractivity contribution < 1.29 is 4.39 Å². The Kier molecular flexibility index (Phi) is 2.31. The van der Waals surface area contributed by atoms with Crippen molar-refractivity contribution in [1.82, 2.24) is 0 Å². The molecule has 0 spiro atoms. The standard InChI is InChI=1S/C12H16FN/c1-9-4-5-11-10(7-9)3-2-6-12(11,13)8-14/h4-5,7H,2-3,6,8,14H2,1H3. The molecule has 0 saturated carbocycles. The number of hydrogen-bond acceptors (Lipinski definition) is 1. The highest BCUT2D eigenvalue weighted by Crippen LogP contribution is 2.38. The first kappa shape index (κ1) is 9.66. The molecule has 1 nitrogen and oxygen atoms in total. The van der Waals surface area contributed by atoms with E-state index in [0.717, 1.165) is 24.0 Å². The molecule has 0 fully saturated rings. The average molecular weight is 193 g/mol. The van der Waals surface area contributed by atoms with Crippen molar-refractivity contribution in [2.24, 2.45) is 5.73 Å². The molecular weight excluding hydrogens is 177 g/mol. The zero-order valence-electron chi connectivity index (χ0n) is 8.52. The Morgan fingerprint density at radius 1 is 1.50 bits per heavy atom. The van der Waals surface area contributed by atoms with E-state index < -0.39 is 5.67 Å². The fourth-order valence-electron chi connectivity index (χ4n) is 2.27. The number of alkyl halides is 1. The quantitative estimate of drug-likeness (QED) is 0.728. The van der Waals surface area contributed by atoms with Crippen LogP contribution in [0.3, 0.4) is 0 Å². The van der Waals surface area contributed by atoms with Crippen LogP contribution < -0.4 is 5.73 Å².